The molecular formula is C12H17NO4S. The average Bonchev–Trinajstić information content (AvgIpc) is 2.35. The summed E-state index contributed by atoms with van der Waals surface area (Å²) in [5.74, 6) is -0.317. The number of carbonyl (C=O) groups is 1. The molecule has 0 aliphatic heterocycles. The van der Waals surface area contributed by atoms with E-state index in [1.807, 2.05) is 19.1 Å². The normalized spacial score (nSPS) is 11.9. The summed E-state index contributed by atoms with van der Waals surface area (Å²) in [6, 6.07) is 7.30. The van der Waals surface area contributed by atoms with Crippen LogP contribution in [0.2, 0.25) is 0 Å². The van der Waals surface area contributed by atoms with E-state index in [1.54, 1.807) is 12.1 Å². The smallest absolute Gasteiger partial charge is 0.305 e. The summed E-state index contributed by atoms with van der Waals surface area (Å²) in [4.78, 5) is 11.0. The molecule has 0 saturated carbocycles. The SMILES string of the molecule is COC(=O)CCCN(c1ccc(C)cc1)S(=O)O. The molecule has 0 heterocycles. The van der Waals surface area contributed by atoms with Crippen molar-refractivity contribution >= 4 is 22.9 Å². The number of benzene rings is 1. The first-order chi connectivity index (χ1) is 8.54. The molecule has 18 heavy (non-hydrogen) atoms. The van der Waals surface area contributed by atoms with Crippen molar-refractivity contribution in [1.29, 1.82) is 0 Å². The van der Waals surface area contributed by atoms with Gasteiger partial charge in [-0.15, -0.1) is 0 Å². The molecule has 1 rings (SSSR count). The third-order valence-corrected chi connectivity index (χ3v) is 3.25. The lowest BCUT2D eigenvalue weighted by atomic mass is 10.2. The third-order valence-electron chi connectivity index (χ3n) is 2.48. The number of aryl methyl sites for hydroxylation is 1. The molecule has 0 amide bonds. The number of hydrogen-bond acceptors (Lipinski definition) is 3. The molecule has 0 saturated heterocycles. The quantitative estimate of drug-likeness (QED) is 0.634. The second-order valence-corrected chi connectivity index (χ2v) is 4.75. The van der Waals surface area contributed by atoms with Crippen LogP contribution in [0.15, 0.2) is 24.3 Å². The molecule has 100 valence electrons. The van der Waals surface area contributed by atoms with E-state index >= 15 is 0 Å². The number of esters is 1. The largest absolute Gasteiger partial charge is 0.469 e. The van der Waals surface area contributed by atoms with Gasteiger partial charge in [0.25, 0.3) is 11.3 Å². The molecule has 0 aromatic heterocycles. The highest BCUT2D eigenvalue weighted by Gasteiger charge is 2.12. The number of ether oxygens (including phenoxy) is 1. The van der Waals surface area contributed by atoms with Gasteiger partial charge >= 0.3 is 5.97 Å². The number of hydrogen-bond donors (Lipinski definition) is 1. The molecule has 1 atom stereocenters. The van der Waals surface area contributed by atoms with E-state index in [0.29, 0.717) is 18.7 Å². The maximum absolute atomic E-state index is 11.3. The van der Waals surface area contributed by atoms with Gasteiger partial charge in [0.15, 0.2) is 0 Å². The van der Waals surface area contributed by atoms with Crippen LogP contribution < -0.4 is 4.31 Å². The minimum absolute atomic E-state index is 0.232. The summed E-state index contributed by atoms with van der Waals surface area (Å²) >= 11 is -2.10. The summed E-state index contributed by atoms with van der Waals surface area (Å²) in [7, 11) is 1.32. The molecule has 0 radical (unpaired) electrons. The van der Waals surface area contributed by atoms with Crippen LogP contribution in [0.5, 0.6) is 0 Å². The van der Waals surface area contributed by atoms with Crippen molar-refractivity contribution in [3.8, 4) is 0 Å². The molecule has 1 aromatic rings. The number of methoxy groups -OCH3 is 1. The van der Waals surface area contributed by atoms with Crippen LogP contribution >= 0.6 is 0 Å². The van der Waals surface area contributed by atoms with Crippen LogP contribution in [0.3, 0.4) is 0 Å². The predicted octanol–water partition coefficient (Wildman–Crippen LogP) is 1.89. The Bertz CT molecular complexity index is 419. The molecule has 6 heteroatoms. The van der Waals surface area contributed by atoms with Crippen molar-refractivity contribution in [3.05, 3.63) is 29.8 Å². The number of nitrogens with zero attached hydrogens (tertiary/aromatic N) is 1. The van der Waals surface area contributed by atoms with E-state index in [1.165, 1.54) is 11.4 Å². The maximum Gasteiger partial charge on any atom is 0.305 e. The molecule has 1 aromatic carbocycles. The van der Waals surface area contributed by atoms with E-state index in [4.69, 9.17) is 0 Å². The van der Waals surface area contributed by atoms with Gasteiger partial charge in [-0.05, 0) is 25.5 Å². The van der Waals surface area contributed by atoms with E-state index in [-0.39, 0.29) is 12.4 Å². The topological polar surface area (TPSA) is 66.8 Å². The van der Waals surface area contributed by atoms with Crippen molar-refractivity contribution in [1.82, 2.24) is 0 Å². The van der Waals surface area contributed by atoms with Gasteiger partial charge in [-0.25, -0.2) is 4.21 Å². The Morgan fingerprint density at radius 3 is 2.50 bits per heavy atom. The highest BCUT2D eigenvalue weighted by atomic mass is 32.2. The van der Waals surface area contributed by atoms with Gasteiger partial charge in [0.1, 0.15) is 0 Å². The van der Waals surface area contributed by atoms with E-state index in [0.717, 1.165) is 5.56 Å². The van der Waals surface area contributed by atoms with Gasteiger partial charge in [-0.3, -0.25) is 13.7 Å². The van der Waals surface area contributed by atoms with E-state index in [2.05, 4.69) is 4.74 Å². The van der Waals surface area contributed by atoms with Gasteiger partial charge in [0.2, 0.25) is 0 Å². The summed E-state index contributed by atoms with van der Waals surface area (Å²) in [5, 5.41) is 0. The zero-order valence-electron chi connectivity index (χ0n) is 10.5. The molecule has 0 spiro atoms. The lowest BCUT2D eigenvalue weighted by Gasteiger charge is -2.19. The van der Waals surface area contributed by atoms with Gasteiger partial charge in [0, 0.05) is 13.0 Å². The zero-order valence-corrected chi connectivity index (χ0v) is 11.3. The lowest BCUT2D eigenvalue weighted by Crippen LogP contribution is -2.26. The fourth-order valence-electron chi connectivity index (χ4n) is 1.48. The fourth-order valence-corrected chi connectivity index (χ4v) is 2.06. The summed E-state index contributed by atoms with van der Waals surface area (Å²) < 4.78 is 26.3. The molecule has 5 nitrogen and oxygen atoms in total. The highest BCUT2D eigenvalue weighted by Crippen LogP contribution is 2.17. The second kappa shape index (κ2) is 7.13. The maximum atomic E-state index is 11.3. The minimum Gasteiger partial charge on any atom is -0.469 e. The minimum atomic E-state index is -2.10. The Morgan fingerprint density at radius 2 is 2.00 bits per heavy atom. The fraction of sp³-hybridized carbons (Fsp3) is 0.417. The van der Waals surface area contributed by atoms with Crippen LogP contribution in [0.4, 0.5) is 5.69 Å². The lowest BCUT2D eigenvalue weighted by molar-refractivity contribution is -0.140. The third kappa shape index (κ3) is 4.46. The van der Waals surface area contributed by atoms with E-state index < -0.39 is 11.3 Å². The van der Waals surface area contributed by atoms with Crippen LogP contribution in [-0.2, 0) is 20.8 Å². The number of anilines is 1. The molecule has 0 bridgehead atoms. The van der Waals surface area contributed by atoms with Crippen molar-refractivity contribution in [2.45, 2.75) is 19.8 Å². The Morgan fingerprint density at radius 1 is 1.39 bits per heavy atom. The molecule has 1 unspecified atom stereocenters. The van der Waals surface area contributed by atoms with Crippen LogP contribution in [0.25, 0.3) is 0 Å². The Labute approximate surface area is 109 Å². The summed E-state index contributed by atoms with van der Waals surface area (Å²) in [6.45, 7) is 2.27. The molecular weight excluding hydrogens is 254 g/mol. The van der Waals surface area contributed by atoms with Gasteiger partial charge < -0.3 is 4.74 Å². The first-order valence-corrected chi connectivity index (χ1v) is 6.63. The van der Waals surface area contributed by atoms with Crippen molar-refractivity contribution in [3.63, 3.8) is 0 Å². The van der Waals surface area contributed by atoms with Gasteiger partial charge in [-0.2, -0.15) is 0 Å². The summed E-state index contributed by atoms with van der Waals surface area (Å²) in [6.07, 6.45) is 0.697. The highest BCUT2D eigenvalue weighted by molar-refractivity contribution is 7.80. The zero-order chi connectivity index (χ0) is 13.5. The number of rotatable bonds is 6. The Balaban J connectivity index is 2.63. The van der Waals surface area contributed by atoms with Gasteiger partial charge in [-0.1, -0.05) is 17.7 Å². The van der Waals surface area contributed by atoms with Gasteiger partial charge in [0.05, 0.1) is 12.8 Å². The molecule has 0 fully saturated rings. The van der Waals surface area contributed by atoms with Crippen molar-refractivity contribution in [2.75, 3.05) is 18.0 Å². The van der Waals surface area contributed by atoms with Crippen LogP contribution in [-0.4, -0.2) is 28.4 Å². The van der Waals surface area contributed by atoms with Crippen LogP contribution in [0.1, 0.15) is 18.4 Å². The van der Waals surface area contributed by atoms with Crippen molar-refractivity contribution in [2.24, 2.45) is 0 Å². The van der Waals surface area contributed by atoms with E-state index in [9.17, 15) is 13.6 Å². The molecule has 0 aliphatic rings. The van der Waals surface area contributed by atoms with Crippen LogP contribution in [0, 0.1) is 6.92 Å². The molecule has 0 aliphatic carbocycles. The number of carbonyl (C=O) groups excluding carboxylic acids is 1. The first kappa shape index (κ1) is 14.7. The predicted molar refractivity (Wildman–Crippen MR) is 70.5 cm³/mol. The second-order valence-electron chi connectivity index (χ2n) is 3.85. The summed E-state index contributed by atoms with van der Waals surface area (Å²) in [5.41, 5.74) is 1.74. The van der Waals surface area contributed by atoms with Crippen molar-refractivity contribution < 1.29 is 18.3 Å². The standard InChI is InChI=1S/C12H17NO4S/c1-10-5-7-11(8-6-10)13(18(15)16)9-3-4-12(14)17-2/h5-8H,3-4,9H2,1-2H3,(H,15,16). The monoisotopic (exact) mass is 271 g/mol. The first-order valence-electron chi connectivity index (χ1n) is 5.56. The average molecular weight is 271 g/mol. The Kier molecular flexibility index (Phi) is 5.80. The Hall–Kier alpha value is -1.40. The molecule has 1 N–H and O–H groups in total.